The number of hydrogen-bond donors (Lipinski definition) is 1. The average Bonchev–Trinajstić information content (AvgIpc) is 2.77. The molecule has 1 fully saturated rings. The third-order valence-electron chi connectivity index (χ3n) is 4.04. The monoisotopic (exact) mass is 246 g/mol. The van der Waals surface area contributed by atoms with Crippen molar-refractivity contribution in [3.63, 3.8) is 0 Å². The molecule has 2 aromatic rings. The number of ether oxygens (including phenoxy) is 1. The maximum absolute atomic E-state index is 10.3. The minimum absolute atomic E-state index is 0.140. The maximum Gasteiger partial charge on any atom is 0.134 e. The fraction of sp³-hybridized carbons (Fsp3) is 0.467. The molecule has 1 aromatic carbocycles. The van der Waals surface area contributed by atoms with E-state index >= 15 is 0 Å². The van der Waals surface area contributed by atoms with Crippen LogP contribution in [0, 0.1) is 0 Å². The number of aliphatic hydroxyl groups is 1. The van der Waals surface area contributed by atoms with E-state index < -0.39 is 6.10 Å². The van der Waals surface area contributed by atoms with Gasteiger partial charge in [0.15, 0.2) is 0 Å². The van der Waals surface area contributed by atoms with E-state index in [1.54, 1.807) is 7.11 Å². The summed E-state index contributed by atoms with van der Waals surface area (Å²) in [7, 11) is 1.73. The molecular weight excluding hydrogens is 228 g/mol. The maximum atomic E-state index is 10.3. The summed E-state index contributed by atoms with van der Waals surface area (Å²) in [6, 6.07) is 9.73. The van der Waals surface area contributed by atoms with Gasteiger partial charge in [-0.15, -0.1) is 0 Å². The molecule has 1 saturated carbocycles. The second-order valence-corrected chi connectivity index (χ2v) is 5.15. The molecule has 96 valence electrons. The first-order valence-corrected chi connectivity index (χ1v) is 6.44. The molecule has 3 heteroatoms. The molecular formula is C15H18O3. The Bertz CT molecular complexity index is 501. The van der Waals surface area contributed by atoms with Crippen molar-refractivity contribution in [2.24, 2.45) is 0 Å². The molecule has 3 nitrogen and oxygen atoms in total. The van der Waals surface area contributed by atoms with Crippen LogP contribution in [0.25, 0.3) is 11.0 Å². The van der Waals surface area contributed by atoms with Crippen LogP contribution in [-0.2, 0) is 4.74 Å². The third kappa shape index (κ3) is 1.93. The van der Waals surface area contributed by atoms with Crippen LogP contribution in [0.2, 0.25) is 0 Å². The van der Waals surface area contributed by atoms with Crippen LogP contribution >= 0.6 is 0 Å². The highest BCUT2D eigenvalue weighted by Crippen LogP contribution is 2.42. The number of aliphatic hydroxyl groups excluding tert-OH is 1. The van der Waals surface area contributed by atoms with Crippen molar-refractivity contribution in [2.75, 3.05) is 7.11 Å². The van der Waals surface area contributed by atoms with Crippen LogP contribution in [0.5, 0.6) is 0 Å². The lowest BCUT2D eigenvalue weighted by Crippen LogP contribution is -2.40. The van der Waals surface area contributed by atoms with E-state index in [9.17, 15) is 5.11 Å². The molecule has 3 rings (SSSR count). The fourth-order valence-electron chi connectivity index (χ4n) is 2.68. The van der Waals surface area contributed by atoms with E-state index in [1.165, 1.54) is 6.42 Å². The van der Waals surface area contributed by atoms with Crippen LogP contribution in [0.1, 0.15) is 37.5 Å². The van der Waals surface area contributed by atoms with Crippen LogP contribution in [-0.4, -0.2) is 17.8 Å². The van der Waals surface area contributed by atoms with Gasteiger partial charge in [0.1, 0.15) is 17.4 Å². The SMILES string of the molecule is COC1(CC(O)c2cc3ccccc3o2)CCC1. The Morgan fingerprint density at radius 2 is 2.17 bits per heavy atom. The summed E-state index contributed by atoms with van der Waals surface area (Å²) in [5.74, 6) is 0.638. The molecule has 1 aliphatic rings. The molecule has 1 aliphatic carbocycles. The molecule has 0 radical (unpaired) electrons. The highest BCUT2D eigenvalue weighted by Gasteiger charge is 2.39. The standard InChI is InChI=1S/C15H18O3/c1-17-15(7-4-8-15)10-12(16)14-9-11-5-2-3-6-13(11)18-14/h2-3,5-6,9,12,16H,4,7-8,10H2,1H3. The Hall–Kier alpha value is -1.32. The van der Waals surface area contributed by atoms with Gasteiger partial charge in [-0.1, -0.05) is 18.2 Å². The van der Waals surface area contributed by atoms with E-state index in [4.69, 9.17) is 9.15 Å². The number of para-hydroxylation sites is 1. The molecule has 1 heterocycles. The molecule has 0 bridgehead atoms. The van der Waals surface area contributed by atoms with Crippen molar-refractivity contribution < 1.29 is 14.3 Å². The Morgan fingerprint density at radius 3 is 2.78 bits per heavy atom. The van der Waals surface area contributed by atoms with Gasteiger partial charge in [0.2, 0.25) is 0 Å². The normalized spacial score (nSPS) is 19.7. The van der Waals surface area contributed by atoms with E-state index in [0.717, 1.165) is 23.8 Å². The summed E-state index contributed by atoms with van der Waals surface area (Å²) in [4.78, 5) is 0. The van der Waals surface area contributed by atoms with Gasteiger partial charge in [-0.3, -0.25) is 0 Å². The van der Waals surface area contributed by atoms with Crippen LogP contribution in [0.15, 0.2) is 34.7 Å². The zero-order valence-corrected chi connectivity index (χ0v) is 10.6. The van der Waals surface area contributed by atoms with Crippen LogP contribution in [0.3, 0.4) is 0 Å². The summed E-state index contributed by atoms with van der Waals surface area (Å²) in [5.41, 5.74) is 0.685. The lowest BCUT2D eigenvalue weighted by atomic mass is 9.76. The first-order chi connectivity index (χ1) is 8.72. The molecule has 0 aliphatic heterocycles. The van der Waals surface area contributed by atoms with E-state index in [-0.39, 0.29) is 5.60 Å². The van der Waals surface area contributed by atoms with Crippen molar-refractivity contribution in [2.45, 2.75) is 37.4 Å². The van der Waals surface area contributed by atoms with E-state index in [0.29, 0.717) is 12.2 Å². The predicted octanol–water partition coefficient (Wildman–Crippen LogP) is 3.43. The molecule has 18 heavy (non-hydrogen) atoms. The summed E-state index contributed by atoms with van der Waals surface area (Å²) < 4.78 is 11.2. The van der Waals surface area contributed by atoms with Crippen LogP contribution in [0.4, 0.5) is 0 Å². The van der Waals surface area contributed by atoms with Gasteiger partial charge in [0.05, 0.1) is 5.60 Å². The number of fused-ring (bicyclic) bond motifs is 1. The summed E-state index contributed by atoms with van der Waals surface area (Å²) >= 11 is 0. The molecule has 0 spiro atoms. The quantitative estimate of drug-likeness (QED) is 0.898. The molecule has 0 saturated heterocycles. The lowest BCUT2D eigenvalue weighted by molar-refractivity contribution is -0.102. The minimum Gasteiger partial charge on any atom is -0.458 e. The average molecular weight is 246 g/mol. The lowest BCUT2D eigenvalue weighted by Gasteiger charge is -2.41. The first-order valence-electron chi connectivity index (χ1n) is 6.44. The minimum atomic E-state index is -0.586. The summed E-state index contributed by atoms with van der Waals surface area (Å²) in [5, 5.41) is 11.3. The fourth-order valence-corrected chi connectivity index (χ4v) is 2.68. The zero-order valence-electron chi connectivity index (χ0n) is 10.6. The van der Waals surface area contributed by atoms with Crippen molar-refractivity contribution in [3.05, 3.63) is 36.1 Å². The van der Waals surface area contributed by atoms with Crippen molar-refractivity contribution in [1.29, 1.82) is 0 Å². The highest BCUT2D eigenvalue weighted by atomic mass is 16.5. The predicted molar refractivity (Wildman–Crippen MR) is 69.4 cm³/mol. The second-order valence-electron chi connectivity index (χ2n) is 5.15. The Labute approximate surface area is 106 Å². The third-order valence-corrected chi connectivity index (χ3v) is 4.04. The number of methoxy groups -OCH3 is 1. The smallest absolute Gasteiger partial charge is 0.134 e. The number of benzene rings is 1. The largest absolute Gasteiger partial charge is 0.458 e. The summed E-state index contributed by atoms with van der Waals surface area (Å²) in [6.45, 7) is 0. The second kappa shape index (κ2) is 4.41. The van der Waals surface area contributed by atoms with Gasteiger partial charge in [-0.05, 0) is 31.4 Å². The van der Waals surface area contributed by atoms with Gasteiger partial charge >= 0.3 is 0 Å². The molecule has 1 N–H and O–H groups in total. The summed E-state index contributed by atoms with van der Waals surface area (Å²) in [6.07, 6.45) is 3.27. The molecule has 1 aromatic heterocycles. The van der Waals surface area contributed by atoms with Crippen molar-refractivity contribution in [1.82, 2.24) is 0 Å². The zero-order chi connectivity index (χ0) is 12.6. The van der Waals surface area contributed by atoms with Gasteiger partial charge in [-0.2, -0.15) is 0 Å². The van der Waals surface area contributed by atoms with Gasteiger partial charge < -0.3 is 14.3 Å². The molecule has 0 amide bonds. The van der Waals surface area contributed by atoms with Crippen LogP contribution < -0.4 is 0 Å². The Balaban J connectivity index is 1.81. The number of rotatable bonds is 4. The first kappa shape index (κ1) is 11.8. The van der Waals surface area contributed by atoms with E-state index in [1.807, 2.05) is 30.3 Å². The number of furan rings is 1. The van der Waals surface area contributed by atoms with Crippen molar-refractivity contribution >= 4 is 11.0 Å². The van der Waals surface area contributed by atoms with Gasteiger partial charge in [0.25, 0.3) is 0 Å². The van der Waals surface area contributed by atoms with Gasteiger partial charge in [-0.25, -0.2) is 0 Å². The molecule has 1 unspecified atom stereocenters. The van der Waals surface area contributed by atoms with E-state index in [2.05, 4.69) is 0 Å². The highest BCUT2D eigenvalue weighted by molar-refractivity contribution is 5.77. The Morgan fingerprint density at radius 1 is 1.39 bits per heavy atom. The van der Waals surface area contributed by atoms with Gasteiger partial charge in [0, 0.05) is 18.9 Å². The topological polar surface area (TPSA) is 42.6 Å². The Kier molecular flexibility index (Phi) is 2.88. The molecule has 1 atom stereocenters. The van der Waals surface area contributed by atoms with Crippen molar-refractivity contribution in [3.8, 4) is 0 Å². The number of hydrogen-bond acceptors (Lipinski definition) is 3.